The Morgan fingerprint density at radius 1 is 1.07 bits per heavy atom. The molecule has 0 aliphatic carbocycles. The number of sulfonamides is 1. The van der Waals surface area contributed by atoms with Gasteiger partial charge in [-0.2, -0.15) is 4.31 Å². The van der Waals surface area contributed by atoms with E-state index in [0.29, 0.717) is 42.9 Å². The number of aromatic nitrogens is 2. The van der Waals surface area contributed by atoms with Crippen molar-refractivity contribution < 1.29 is 8.42 Å². The molecule has 2 fully saturated rings. The summed E-state index contributed by atoms with van der Waals surface area (Å²) < 4.78 is 27.0. The minimum atomic E-state index is -3.44. The highest BCUT2D eigenvalue weighted by atomic mass is 32.2. The van der Waals surface area contributed by atoms with Crippen LogP contribution in [0.5, 0.6) is 0 Å². The minimum absolute atomic E-state index is 0.319. The quantitative estimate of drug-likeness (QED) is 0.656. The molecule has 0 spiro atoms. The molecule has 2 aliphatic rings. The highest BCUT2D eigenvalue weighted by molar-refractivity contribution is 7.89. The summed E-state index contributed by atoms with van der Waals surface area (Å²) in [5.74, 6) is 1.20. The van der Waals surface area contributed by atoms with Gasteiger partial charge >= 0.3 is 0 Å². The van der Waals surface area contributed by atoms with Gasteiger partial charge in [-0.3, -0.25) is 0 Å². The van der Waals surface area contributed by atoms with Crippen LogP contribution < -0.4 is 16.0 Å². The standard InChI is InChI=1S/C19H26N6O2S/c26-28(27,25-11-9-20-10-12-25)17-3-1-16(2-4-17)18-6-8-22-19(24-18)23-14-15-5-7-21-13-15/h1-4,6,8,15,20-21H,5,7,9-14H2,(H,22,23,24)/t15-/m1/s1. The summed E-state index contributed by atoms with van der Waals surface area (Å²) in [6, 6.07) is 8.77. The van der Waals surface area contributed by atoms with Crippen LogP contribution in [-0.4, -0.2) is 68.5 Å². The second kappa shape index (κ2) is 8.52. The lowest BCUT2D eigenvalue weighted by molar-refractivity contribution is 0.360. The molecular weight excluding hydrogens is 376 g/mol. The van der Waals surface area contributed by atoms with Crippen molar-refractivity contribution in [2.45, 2.75) is 11.3 Å². The molecule has 2 aromatic rings. The highest BCUT2D eigenvalue weighted by Gasteiger charge is 2.25. The summed E-state index contributed by atoms with van der Waals surface area (Å²) in [5.41, 5.74) is 1.64. The molecule has 2 aliphatic heterocycles. The summed E-state index contributed by atoms with van der Waals surface area (Å²) in [7, 11) is -3.44. The van der Waals surface area contributed by atoms with Crippen LogP contribution in [-0.2, 0) is 10.0 Å². The average Bonchev–Trinajstić information content (AvgIpc) is 3.27. The van der Waals surface area contributed by atoms with Gasteiger partial charge in [0.1, 0.15) is 0 Å². The molecule has 9 heteroatoms. The fourth-order valence-electron chi connectivity index (χ4n) is 3.56. The molecular formula is C19H26N6O2S. The smallest absolute Gasteiger partial charge is 0.243 e. The number of hydrogen-bond donors (Lipinski definition) is 3. The van der Waals surface area contributed by atoms with Gasteiger partial charge < -0.3 is 16.0 Å². The number of nitrogens with one attached hydrogen (secondary N) is 3. The Morgan fingerprint density at radius 3 is 2.57 bits per heavy atom. The monoisotopic (exact) mass is 402 g/mol. The van der Waals surface area contributed by atoms with E-state index >= 15 is 0 Å². The van der Waals surface area contributed by atoms with E-state index < -0.39 is 10.0 Å². The van der Waals surface area contributed by atoms with Crippen molar-refractivity contribution in [1.82, 2.24) is 24.9 Å². The third-order valence-electron chi connectivity index (χ3n) is 5.23. The van der Waals surface area contributed by atoms with Gasteiger partial charge in [0.25, 0.3) is 0 Å². The van der Waals surface area contributed by atoms with E-state index in [1.54, 1.807) is 18.3 Å². The Hall–Kier alpha value is -2.07. The number of piperazine rings is 1. The Morgan fingerprint density at radius 2 is 1.86 bits per heavy atom. The van der Waals surface area contributed by atoms with Gasteiger partial charge in [0.15, 0.2) is 0 Å². The van der Waals surface area contributed by atoms with Crippen molar-refractivity contribution in [1.29, 1.82) is 0 Å². The summed E-state index contributed by atoms with van der Waals surface area (Å²) in [6.45, 7) is 5.31. The SMILES string of the molecule is O=S(=O)(c1ccc(-c2ccnc(NC[C@@H]3CCNC3)n2)cc1)N1CCNCC1. The molecule has 28 heavy (non-hydrogen) atoms. The molecule has 1 aromatic heterocycles. The van der Waals surface area contributed by atoms with Crippen molar-refractivity contribution >= 4 is 16.0 Å². The van der Waals surface area contributed by atoms with Gasteiger partial charge in [-0.05, 0) is 43.6 Å². The Balaban J connectivity index is 1.46. The predicted octanol–water partition coefficient (Wildman–Crippen LogP) is 0.759. The molecule has 3 heterocycles. The Labute approximate surface area is 165 Å². The molecule has 3 N–H and O–H groups in total. The topological polar surface area (TPSA) is 99.2 Å². The van der Waals surface area contributed by atoms with E-state index in [1.165, 1.54) is 4.31 Å². The molecule has 2 saturated heterocycles. The number of nitrogens with zero attached hydrogens (tertiary/aromatic N) is 3. The first-order chi connectivity index (χ1) is 13.6. The largest absolute Gasteiger partial charge is 0.354 e. The van der Waals surface area contributed by atoms with Gasteiger partial charge in [0.05, 0.1) is 10.6 Å². The number of anilines is 1. The Kier molecular flexibility index (Phi) is 5.86. The first kappa shape index (κ1) is 19.3. The maximum Gasteiger partial charge on any atom is 0.243 e. The third kappa shape index (κ3) is 4.33. The Bertz CT molecular complexity index is 891. The van der Waals surface area contributed by atoms with Crippen LogP contribution in [0.15, 0.2) is 41.4 Å². The maximum atomic E-state index is 12.8. The van der Waals surface area contributed by atoms with Crippen LogP contribution >= 0.6 is 0 Å². The average molecular weight is 403 g/mol. The van der Waals surface area contributed by atoms with Crippen LogP contribution in [0.3, 0.4) is 0 Å². The van der Waals surface area contributed by atoms with Gasteiger partial charge in [0, 0.05) is 44.5 Å². The second-order valence-electron chi connectivity index (χ2n) is 7.18. The van der Waals surface area contributed by atoms with Crippen LogP contribution in [0.4, 0.5) is 5.95 Å². The summed E-state index contributed by atoms with van der Waals surface area (Å²) in [6.07, 6.45) is 2.89. The normalized spacial score (nSPS) is 20.9. The van der Waals surface area contributed by atoms with E-state index in [2.05, 4.69) is 25.9 Å². The van der Waals surface area contributed by atoms with Crippen molar-refractivity contribution in [3.8, 4) is 11.3 Å². The zero-order chi connectivity index (χ0) is 19.4. The molecule has 0 amide bonds. The van der Waals surface area contributed by atoms with Crippen LogP contribution in [0.1, 0.15) is 6.42 Å². The number of rotatable bonds is 6. The van der Waals surface area contributed by atoms with Crippen molar-refractivity contribution in [3.63, 3.8) is 0 Å². The number of hydrogen-bond acceptors (Lipinski definition) is 7. The first-order valence-corrected chi connectivity index (χ1v) is 11.2. The van der Waals surface area contributed by atoms with Crippen molar-refractivity contribution in [2.24, 2.45) is 5.92 Å². The molecule has 0 bridgehead atoms. The molecule has 4 rings (SSSR count). The molecule has 1 aromatic carbocycles. The molecule has 0 radical (unpaired) electrons. The first-order valence-electron chi connectivity index (χ1n) is 9.72. The third-order valence-corrected chi connectivity index (χ3v) is 7.14. The fraction of sp³-hybridized carbons (Fsp3) is 0.474. The van der Waals surface area contributed by atoms with Crippen LogP contribution in [0, 0.1) is 5.92 Å². The minimum Gasteiger partial charge on any atom is -0.354 e. The molecule has 8 nitrogen and oxygen atoms in total. The maximum absolute atomic E-state index is 12.8. The van der Waals surface area contributed by atoms with Gasteiger partial charge in [-0.15, -0.1) is 0 Å². The van der Waals surface area contributed by atoms with E-state index in [1.807, 2.05) is 18.2 Å². The van der Waals surface area contributed by atoms with Gasteiger partial charge in [-0.25, -0.2) is 18.4 Å². The van der Waals surface area contributed by atoms with Crippen LogP contribution in [0.2, 0.25) is 0 Å². The lowest BCUT2D eigenvalue weighted by Gasteiger charge is -2.26. The van der Waals surface area contributed by atoms with Gasteiger partial charge in [-0.1, -0.05) is 12.1 Å². The molecule has 150 valence electrons. The fourth-order valence-corrected chi connectivity index (χ4v) is 5.00. The van der Waals surface area contributed by atoms with E-state index in [-0.39, 0.29) is 0 Å². The lowest BCUT2D eigenvalue weighted by atomic mass is 10.1. The van der Waals surface area contributed by atoms with Crippen LogP contribution in [0.25, 0.3) is 11.3 Å². The van der Waals surface area contributed by atoms with Crippen molar-refractivity contribution in [3.05, 3.63) is 36.5 Å². The molecule has 0 saturated carbocycles. The number of benzene rings is 1. The van der Waals surface area contributed by atoms with E-state index in [0.717, 1.165) is 37.3 Å². The molecule has 0 unspecified atom stereocenters. The van der Waals surface area contributed by atoms with E-state index in [9.17, 15) is 8.42 Å². The summed E-state index contributed by atoms with van der Waals surface area (Å²) in [5, 5.41) is 9.83. The summed E-state index contributed by atoms with van der Waals surface area (Å²) >= 11 is 0. The van der Waals surface area contributed by atoms with E-state index in [4.69, 9.17) is 0 Å². The summed E-state index contributed by atoms with van der Waals surface area (Å²) in [4.78, 5) is 9.19. The second-order valence-corrected chi connectivity index (χ2v) is 9.12. The highest BCUT2D eigenvalue weighted by Crippen LogP contribution is 2.22. The van der Waals surface area contributed by atoms with Gasteiger partial charge in [0.2, 0.25) is 16.0 Å². The predicted molar refractivity (Wildman–Crippen MR) is 109 cm³/mol. The van der Waals surface area contributed by atoms with Crippen molar-refractivity contribution in [2.75, 3.05) is 51.1 Å². The zero-order valence-corrected chi connectivity index (χ0v) is 16.6. The molecule has 1 atom stereocenters. The lowest BCUT2D eigenvalue weighted by Crippen LogP contribution is -2.46. The zero-order valence-electron chi connectivity index (χ0n) is 15.8.